The largest absolute Gasteiger partial charge is 0.342 e. The third-order valence-electron chi connectivity index (χ3n) is 6.30. The van der Waals surface area contributed by atoms with Gasteiger partial charge in [0.05, 0.1) is 5.92 Å². The first-order chi connectivity index (χ1) is 12.6. The molecule has 1 aromatic carbocycles. The SMILES string of the molecule is CC1=NC2(CCN(C(=O)[C@@H](c3ccccc3)C3CCCC3)CC2)C(=O)N1. The average molecular weight is 353 g/mol. The van der Waals surface area contributed by atoms with Crippen LogP contribution in [0.4, 0.5) is 0 Å². The number of aliphatic imine (C=N–C) groups is 1. The summed E-state index contributed by atoms with van der Waals surface area (Å²) in [4.78, 5) is 32.2. The minimum atomic E-state index is -0.642. The fourth-order valence-electron chi connectivity index (χ4n) is 4.88. The van der Waals surface area contributed by atoms with E-state index in [-0.39, 0.29) is 17.7 Å². The third kappa shape index (κ3) is 3.04. The van der Waals surface area contributed by atoms with Gasteiger partial charge in [0.25, 0.3) is 5.91 Å². The number of nitrogens with zero attached hydrogens (tertiary/aromatic N) is 2. The minimum Gasteiger partial charge on any atom is -0.342 e. The molecule has 1 aromatic rings. The Balaban J connectivity index is 1.51. The van der Waals surface area contributed by atoms with Crippen LogP contribution in [0.2, 0.25) is 0 Å². The lowest BCUT2D eigenvalue weighted by molar-refractivity contribution is -0.138. The van der Waals surface area contributed by atoms with Crippen molar-refractivity contribution in [3.63, 3.8) is 0 Å². The summed E-state index contributed by atoms with van der Waals surface area (Å²) in [5.41, 5.74) is 0.494. The van der Waals surface area contributed by atoms with Crippen LogP contribution in [0.3, 0.4) is 0 Å². The number of likely N-dealkylation sites (tertiary alicyclic amines) is 1. The van der Waals surface area contributed by atoms with E-state index in [1.165, 1.54) is 12.8 Å². The molecule has 2 heterocycles. The maximum atomic E-state index is 13.4. The molecule has 0 unspecified atom stereocenters. The number of rotatable bonds is 3. The molecule has 1 spiro atoms. The summed E-state index contributed by atoms with van der Waals surface area (Å²) >= 11 is 0. The summed E-state index contributed by atoms with van der Waals surface area (Å²) in [6.45, 7) is 3.05. The monoisotopic (exact) mass is 353 g/mol. The molecule has 0 aromatic heterocycles. The molecule has 4 rings (SSSR count). The summed E-state index contributed by atoms with van der Waals surface area (Å²) in [7, 11) is 0. The second-order valence-corrected chi connectivity index (χ2v) is 7.94. The molecular formula is C21H27N3O2. The van der Waals surface area contributed by atoms with E-state index in [4.69, 9.17) is 0 Å². The van der Waals surface area contributed by atoms with Crippen LogP contribution in [0.5, 0.6) is 0 Å². The maximum absolute atomic E-state index is 13.4. The van der Waals surface area contributed by atoms with Gasteiger partial charge in [0, 0.05) is 13.1 Å². The van der Waals surface area contributed by atoms with E-state index in [2.05, 4.69) is 22.4 Å². The summed E-state index contributed by atoms with van der Waals surface area (Å²) in [6, 6.07) is 10.2. The second-order valence-electron chi connectivity index (χ2n) is 7.94. The van der Waals surface area contributed by atoms with Crippen molar-refractivity contribution in [2.75, 3.05) is 13.1 Å². The molecule has 5 heteroatoms. The fourth-order valence-corrected chi connectivity index (χ4v) is 4.88. The number of nitrogens with one attached hydrogen (secondary N) is 1. The van der Waals surface area contributed by atoms with Crippen molar-refractivity contribution in [2.24, 2.45) is 10.9 Å². The highest BCUT2D eigenvalue weighted by Crippen LogP contribution is 2.39. The maximum Gasteiger partial charge on any atom is 0.253 e. The van der Waals surface area contributed by atoms with Crippen molar-refractivity contribution >= 4 is 17.6 Å². The van der Waals surface area contributed by atoms with Crippen LogP contribution in [0.25, 0.3) is 0 Å². The zero-order chi connectivity index (χ0) is 18.1. The van der Waals surface area contributed by atoms with Gasteiger partial charge in [-0.2, -0.15) is 0 Å². The first kappa shape index (κ1) is 17.3. The highest BCUT2D eigenvalue weighted by molar-refractivity contribution is 6.07. The molecule has 0 bridgehead atoms. The molecule has 1 saturated heterocycles. The molecule has 1 saturated carbocycles. The van der Waals surface area contributed by atoms with Crippen molar-refractivity contribution < 1.29 is 9.59 Å². The number of benzene rings is 1. The molecule has 0 radical (unpaired) electrons. The molecule has 5 nitrogen and oxygen atoms in total. The van der Waals surface area contributed by atoms with Crippen LogP contribution in [-0.2, 0) is 9.59 Å². The van der Waals surface area contributed by atoms with Gasteiger partial charge in [0.1, 0.15) is 11.4 Å². The zero-order valence-electron chi connectivity index (χ0n) is 15.4. The highest BCUT2D eigenvalue weighted by atomic mass is 16.2. The first-order valence-electron chi connectivity index (χ1n) is 9.81. The second kappa shape index (κ2) is 6.86. The Kier molecular flexibility index (Phi) is 4.55. The predicted octanol–water partition coefficient (Wildman–Crippen LogP) is 2.87. The zero-order valence-corrected chi connectivity index (χ0v) is 15.4. The standard InChI is InChI=1S/C21H27N3O2/c1-15-22-20(26)21(23-15)11-13-24(14-12-21)19(25)18(17-9-5-6-10-17)16-7-3-2-4-8-16/h2-4,7-8,17-18H,5-6,9-14H2,1H3,(H,22,23,26)/t18-/m0/s1. The van der Waals surface area contributed by atoms with E-state index in [1.54, 1.807) is 0 Å². The number of hydrogen-bond acceptors (Lipinski definition) is 3. The van der Waals surface area contributed by atoms with Gasteiger partial charge in [0.2, 0.25) is 5.91 Å². The van der Waals surface area contributed by atoms with E-state index in [0.717, 1.165) is 18.4 Å². The lowest BCUT2D eigenvalue weighted by atomic mass is 9.82. The van der Waals surface area contributed by atoms with Gasteiger partial charge < -0.3 is 10.2 Å². The molecule has 138 valence electrons. The van der Waals surface area contributed by atoms with E-state index < -0.39 is 5.54 Å². The average Bonchev–Trinajstić information content (AvgIpc) is 3.25. The van der Waals surface area contributed by atoms with Gasteiger partial charge in [-0.25, -0.2) is 0 Å². The molecule has 1 N–H and O–H groups in total. The van der Waals surface area contributed by atoms with Crippen molar-refractivity contribution in [3.05, 3.63) is 35.9 Å². The minimum absolute atomic E-state index is 0.00231. The lowest BCUT2D eigenvalue weighted by Crippen LogP contribution is -2.51. The molecule has 1 atom stereocenters. The van der Waals surface area contributed by atoms with Gasteiger partial charge >= 0.3 is 0 Å². The molecule has 1 aliphatic carbocycles. The molecule has 26 heavy (non-hydrogen) atoms. The topological polar surface area (TPSA) is 61.8 Å². The van der Waals surface area contributed by atoms with E-state index in [0.29, 0.717) is 37.7 Å². The fraction of sp³-hybridized carbons (Fsp3) is 0.571. The number of piperidine rings is 1. The smallest absolute Gasteiger partial charge is 0.253 e. The van der Waals surface area contributed by atoms with E-state index in [9.17, 15) is 9.59 Å². The first-order valence-corrected chi connectivity index (χ1v) is 9.81. The van der Waals surface area contributed by atoms with E-state index in [1.807, 2.05) is 30.0 Å². The lowest BCUT2D eigenvalue weighted by Gasteiger charge is -2.38. The van der Waals surface area contributed by atoms with E-state index >= 15 is 0 Å². The van der Waals surface area contributed by atoms with Crippen molar-refractivity contribution in [1.29, 1.82) is 0 Å². The quantitative estimate of drug-likeness (QED) is 0.908. The Bertz CT molecular complexity index is 714. The van der Waals surface area contributed by atoms with Crippen LogP contribution < -0.4 is 5.32 Å². The number of carbonyl (C=O) groups excluding carboxylic acids is 2. The Hall–Kier alpha value is -2.17. The number of hydrogen-bond donors (Lipinski definition) is 1. The normalized spacial score (nSPS) is 23.8. The molecule has 2 aliphatic heterocycles. The van der Waals surface area contributed by atoms with Crippen LogP contribution >= 0.6 is 0 Å². The Labute approximate surface area is 154 Å². The molecule has 3 aliphatic rings. The van der Waals surface area contributed by atoms with Gasteiger partial charge in [-0.3, -0.25) is 14.6 Å². The third-order valence-corrected chi connectivity index (χ3v) is 6.30. The van der Waals surface area contributed by atoms with Crippen LogP contribution in [0, 0.1) is 5.92 Å². The van der Waals surface area contributed by atoms with Crippen LogP contribution in [0.1, 0.15) is 56.9 Å². The van der Waals surface area contributed by atoms with Crippen LogP contribution in [-0.4, -0.2) is 41.2 Å². The van der Waals surface area contributed by atoms with Crippen LogP contribution in [0.15, 0.2) is 35.3 Å². The van der Waals surface area contributed by atoms with Crippen molar-refractivity contribution in [2.45, 2.75) is 56.9 Å². The Morgan fingerprint density at radius 1 is 1.19 bits per heavy atom. The predicted molar refractivity (Wildman–Crippen MR) is 101 cm³/mol. The van der Waals surface area contributed by atoms with Gasteiger partial charge in [-0.15, -0.1) is 0 Å². The van der Waals surface area contributed by atoms with Gasteiger partial charge in [-0.1, -0.05) is 43.2 Å². The number of amides is 2. The van der Waals surface area contributed by atoms with Crippen molar-refractivity contribution in [1.82, 2.24) is 10.2 Å². The molecular weight excluding hydrogens is 326 g/mol. The molecule has 2 fully saturated rings. The summed E-state index contributed by atoms with van der Waals surface area (Å²) in [6.07, 6.45) is 5.95. The molecule has 2 amide bonds. The summed E-state index contributed by atoms with van der Waals surface area (Å²) in [5.74, 6) is 1.32. The summed E-state index contributed by atoms with van der Waals surface area (Å²) in [5, 5.41) is 2.82. The highest BCUT2D eigenvalue weighted by Gasteiger charge is 2.46. The number of carbonyl (C=O) groups is 2. The van der Waals surface area contributed by atoms with Gasteiger partial charge in [0.15, 0.2) is 0 Å². The van der Waals surface area contributed by atoms with Gasteiger partial charge in [-0.05, 0) is 44.1 Å². The Morgan fingerprint density at radius 2 is 1.85 bits per heavy atom. The number of amidine groups is 1. The Morgan fingerprint density at radius 3 is 2.42 bits per heavy atom. The summed E-state index contributed by atoms with van der Waals surface area (Å²) < 4.78 is 0. The van der Waals surface area contributed by atoms with Crippen molar-refractivity contribution in [3.8, 4) is 0 Å².